The molecule has 1 rings (SSSR count). The topological polar surface area (TPSA) is 68.3 Å². The van der Waals surface area contributed by atoms with Gasteiger partial charge in [-0.3, -0.25) is 10.2 Å². The molecule has 0 saturated carbocycles. The van der Waals surface area contributed by atoms with Crippen molar-refractivity contribution in [3.63, 3.8) is 0 Å². The van der Waals surface area contributed by atoms with E-state index in [-0.39, 0.29) is 5.91 Å². The predicted octanol–water partition coefficient (Wildman–Crippen LogP) is 1.14. The first-order chi connectivity index (χ1) is 6.29. The van der Waals surface area contributed by atoms with Crippen molar-refractivity contribution in [2.75, 3.05) is 5.75 Å². The third kappa shape index (κ3) is 2.50. The molecule has 1 aromatic rings. The normalized spacial score (nSPS) is 10.0. The molecule has 0 aliphatic carbocycles. The van der Waals surface area contributed by atoms with Gasteiger partial charge in [-0.1, -0.05) is 6.92 Å². The minimum Gasteiger partial charge on any atom is -0.459 e. The van der Waals surface area contributed by atoms with Gasteiger partial charge in [0.25, 0.3) is 0 Å². The number of nitrogen functional groups attached to an aromatic ring is 1. The van der Waals surface area contributed by atoms with Gasteiger partial charge in [0.05, 0.1) is 6.26 Å². The van der Waals surface area contributed by atoms with Crippen molar-refractivity contribution >= 4 is 17.7 Å². The fraction of sp³-hybridized carbons (Fsp3) is 0.375. The van der Waals surface area contributed by atoms with E-state index in [4.69, 9.17) is 10.3 Å². The Labute approximate surface area is 80.8 Å². The molecule has 0 fully saturated rings. The standard InChI is InChI=1S/C8H12N2O2S/c1-2-13-5-6-3-4-12-7(6)8(11)10-9/h3-4H,2,5,9H2,1H3,(H,10,11). The van der Waals surface area contributed by atoms with Crippen molar-refractivity contribution in [1.29, 1.82) is 0 Å². The number of rotatable bonds is 4. The molecule has 5 heteroatoms. The first kappa shape index (κ1) is 10.1. The SMILES string of the molecule is CCSCc1ccoc1C(=O)NN. The molecule has 0 unspecified atom stereocenters. The van der Waals surface area contributed by atoms with Crippen LogP contribution in [0.25, 0.3) is 0 Å². The largest absolute Gasteiger partial charge is 0.459 e. The Balaban J connectivity index is 2.71. The molecule has 0 bridgehead atoms. The summed E-state index contributed by atoms with van der Waals surface area (Å²) in [5.41, 5.74) is 2.93. The zero-order valence-electron chi connectivity index (χ0n) is 7.37. The minimum absolute atomic E-state index is 0.309. The lowest BCUT2D eigenvalue weighted by molar-refractivity contribution is 0.0925. The zero-order valence-corrected chi connectivity index (χ0v) is 8.19. The summed E-state index contributed by atoms with van der Waals surface area (Å²) in [6, 6.07) is 1.78. The van der Waals surface area contributed by atoms with Gasteiger partial charge in [-0.15, -0.1) is 0 Å². The number of furan rings is 1. The van der Waals surface area contributed by atoms with Crippen LogP contribution in [-0.4, -0.2) is 11.7 Å². The molecule has 1 aromatic heterocycles. The second-order valence-corrected chi connectivity index (χ2v) is 3.66. The van der Waals surface area contributed by atoms with Crippen LogP contribution in [0.15, 0.2) is 16.7 Å². The lowest BCUT2D eigenvalue weighted by atomic mass is 10.3. The Morgan fingerprint density at radius 2 is 2.54 bits per heavy atom. The van der Waals surface area contributed by atoms with Gasteiger partial charge in [-0.2, -0.15) is 11.8 Å². The van der Waals surface area contributed by atoms with Gasteiger partial charge in [-0.25, -0.2) is 5.84 Å². The monoisotopic (exact) mass is 200 g/mol. The second-order valence-electron chi connectivity index (χ2n) is 2.39. The van der Waals surface area contributed by atoms with Crippen molar-refractivity contribution in [3.05, 3.63) is 23.7 Å². The molecule has 0 radical (unpaired) electrons. The number of nitrogens with one attached hydrogen (secondary N) is 1. The van der Waals surface area contributed by atoms with Crippen molar-refractivity contribution in [3.8, 4) is 0 Å². The summed E-state index contributed by atoms with van der Waals surface area (Å²) in [6.07, 6.45) is 1.50. The predicted molar refractivity (Wildman–Crippen MR) is 52.2 cm³/mol. The quantitative estimate of drug-likeness (QED) is 0.434. The summed E-state index contributed by atoms with van der Waals surface area (Å²) in [4.78, 5) is 11.1. The number of thioether (sulfide) groups is 1. The third-order valence-electron chi connectivity index (χ3n) is 1.55. The smallest absolute Gasteiger partial charge is 0.301 e. The molecule has 0 saturated heterocycles. The van der Waals surface area contributed by atoms with Crippen LogP contribution in [0.3, 0.4) is 0 Å². The highest BCUT2D eigenvalue weighted by atomic mass is 32.2. The van der Waals surface area contributed by atoms with Crippen molar-refractivity contribution in [2.45, 2.75) is 12.7 Å². The van der Waals surface area contributed by atoms with Gasteiger partial charge in [0.1, 0.15) is 0 Å². The Morgan fingerprint density at radius 1 is 1.77 bits per heavy atom. The number of amides is 1. The third-order valence-corrected chi connectivity index (χ3v) is 2.47. The minimum atomic E-state index is -0.378. The summed E-state index contributed by atoms with van der Waals surface area (Å²) in [6.45, 7) is 2.06. The van der Waals surface area contributed by atoms with Gasteiger partial charge in [0.15, 0.2) is 5.76 Å². The molecule has 4 nitrogen and oxygen atoms in total. The Morgan fingerprint density at radius 3 is 3.15 bits per heavy atom. The Hall–Kier alpha value is -0.940. The highest BCUT2D eigenvalue weighted by Gasteiger charge is 2.13. The van der Waals surface area contributed by atoms with E-state index in [2.05, 4.69) is 6.92 Å². The van der Waals surface area contributed by atoms with Crippen LogP contribution in [0.4, 0.5) is 0 Å². The molecule has 0 aliphatic heterocycles. The van der Waals surface area contributed by atoms with E-state index in [0.717, 1.165) is 17.1 Å². The molecule has 3 N–H and O–H groups in total. The second kappa shape index (κ2) is 4.94. The lowest BCUT2D eigenvalue weighted by Gasteiger charge is -1.99. The van der Waals surface area contributed by atoms with Crippen LogP contribution >= 0.6 is 11.8 Å². The zero-order chi connectivity index (χ0) is 9.68. The van der Waals surface area contributed by atoms with E-state index in [1.807, 2.05) is 5.43 Å². The fourth-order valence-corrected chi connectivity index (χ4v) is 1.58. The van der Waals surface area contributed by atoms with E-state index in [1.54, 1.807) is 17.8 Å². The molecule has 72 valence electrons. The summed E-state index contributed by atoms with van der Waals surface area (Å²) in [5.74, 6) is 6.71. The Bertz CT molecular complexity index is 285. The average molecular weight is 200 g/mol. The summed E-state index contributed by atoms with van der Waals surface area (Å²) in [7, 11) is 0. The van der Waals surface area contributed by atoms with Crippen LogP contribution < -0.4 is 11.3 Å². The van der Waals surface area contributed by atoms with E-state index in [1.165, 1.54) is 6.26 Å². The molecule has 0 spiro atoms. The molecule has 0 aliphatic rings. The van der Waals surface area contributed by atoms with Crippen LogP contribution in [0, 0.1) is 0 Å². The van der Waals surface area contributed by atoms with Crippen LogP contribution in [0.5, 0.6) is 0 Å². The molecule has 1 amide bonds. The van der Waals surface area contributed by atoms with Crippen molar-refractivity contribution in [1.82, 2.24) is 5.43 Å². The maximum absolute atomic E-state index is 11.1. The molecule has 13 heavy (non-hydrogen) atoms. The van der Waals surface area contributed by atoms with E-state index >= 15 is 0 Å². The Kier molecular flexibility index (Phi) is 3.85. The van der Waals surface area contributed by atoms with E-state index in [9.17, 15) is 4.79 Å². The van der Waals surface area contributed by atoms with Crippen LogP contribution in [0.1, 0.15) is 23.0 Å². The van der Waals surface area contributed by atoms with Gasteiger partial charge in [0, 0.05) is 11.3 Å². The van der Waals surface area contributed by atoms with Crippen molar-refractivity contribution < 1.29 is 9.21 Å². The number of hydrazine groups is 1. The average Bonchev–Trinajstić information content (AvgIpc) is 2.61. The first-order valence-corrected chi connectivity index (χ1v) is 5.10. The molecule has 1 heterocycles. The highest BCUT2D eigenvalue weighted by molar-refractivity contribution is 7.98. The van der Waals surface area contributed by atoms with Crippen LogP contribution in [0.2, 0.25) is 0 Å². The lowest BCUT2D eigenvalue weighted by Crippen LogP contribution is -2.30. The molecular formula is C8H12N2O2S. The molecule has 0 atom stereocenters. The van der Waals surface area contributed by atoms with Gasteiger partial charge < -0.3 is 4.42 Å². The number of hydrogen-bond acceptors (Lipinski definition) is 4. The first-order valence-electron chi connectivity index (χ1n) is 3.94. The fourth-order valence-electron chi connectivity index (χ4n) is 0.926. The molecular weight excluding hydrogens is 188 g/mol. The van der Waals surface area contributed by atoms with Gasteiger partial charge in [-0.05, 0) is 11.8 Å². The van der Waals surface area contributed by atoms with Crippen LogP contribution in [-0.2, 0) is 5.75 Å². The number of carbonyl (C=O) groups excluding carboxylic acids is 1. The molecule has 0 aromatic carbocycles. The maximum Gasteiger partial charge on any atom is 0.301 e. The van der Waals surface area contributed by atoms with Crippen molar-refractivity contribution in [2.24, 2.45) is 5.84 Å². The van der Waals surface area contributed by atoms with E-state index in [0.29, 0.717) is 5.76 Å². The summed E-state index contributed by atoms with van der Waals surface area (Å²) in [5, 5.41) is 0. The van der Waals surface area contributed by atoms with Gasteiger partial charge in [0.2, 0.25) is 0 Å². The number of hydrogen-bond donors (Lipinski definition) is 2. The number of nitrogens with two attached hydrogens (primary N) is 1. The highest BCUT2D eigenvalue weighted by Crippen LogP contribution is 2.17. The van der Waals surface area contributed by atoms with Gasteiger partial charge >= 0.3 is 5.91 Å². The van der Waals surface area contributed by atoms with E-state index < -0.39 is 0 Å². The maximum atomic E-state index is 11.1. The number of carbonyl (C=O) groups is 1. The summed E-state index contributed by atoms with van der Waals surface area (Å²) >= 11 is 1.73. The summed E-state index contributed by atoms with van der Waals surface area (Å²) < 4.78 is 5.01.